The van der Waals surface area contributed by atoms with Gasteiger partial charge in [-0.3, -0.25) is 4.68 Å². The minimum atomic E-state index is 0.457. The number of hydrogen-bond donors (Lipinski definition) is 1. The molecule has 0 atom stereocenters. The van der Waals surface area contributed by atoms with Crippen LogP contribution in [0.5, 0.6) is 0 Å². The molecular weight excluding hydrogens is 353 g/mol. The van der Waals surface area contributed by atoms with Gasteiger partial charge in [0.15, 0.2) is 0 Å². The van der Waals surface area contributed by atoms with Gasteiger partial charge in [-0.25, -0.2) is 9.97 Å². The number of anilines is 1. The van der Waals surface area contributed by atoms with Crippen molar-refractivity contribution in [2.24, 2.45) is 7.05 Å². The highest BCUT2D eigenvalue weighted by Crippen LogP contribution is 2.27. The zero-order valence-corrected chi connectivity index (χ0v) is 12.7. The molecule has 3 rings (SSSR count). The maximum Gasteiger partial charge on any atom is 0.150 e. The fourth-order valence-electron chi connectivity index (χ4n) is 2.00. The lowest BCUT2D eigenvalue weighted by atomic mass is 10.1. The van der Waals surface area contributed by atoms with Gasteiger partial charge in [-0.1, -0.05) is 0 Å². The predicted octanol–water partition coefficient (Wildman–Crippen LogP) is 2.53. The highest BCUT2D eigenvalue weighted by Gasteiger charge is 2.11. The third kappa shape index (κ3) is 1.95. The molecule has 3 aromatic heterocycles. The largest absolute Gasteiger partial charge is 0.382 e. The molecule has 0 saturated heterocycles. The number of nitrogens with two attached hydrogens (primary N) is 1. The molecule has 0 bridgehead atoms. The van der Waals surface area contributed by atoms with Gasteiger partial charge in [0.05, 0.1) is 11.9 Å². The lowest BCUT2D eigenvalue weighted by Gasteiger charge is -2.06. The average molecular weight is 365 g/mol. The van der Waals surface area contributed by atoms with E-state index in [-0.39, 0.29) is 0 Å². The number of fused-ring (bicyclic) bond motifs is 1. The van der Waals surface area contributed by atoms with Crippen molar-refractivity contribution in [1.29, 1.82) is 0 Å². The first-order valence-corrected chi connectivity index (χ1v) is 6.85. The van der Waals surface area contributed by atoms with Gasteiger partial charge in [0.25, 0.3) is 0 Å². The molecule has 2 N–H and O–H groups in total. The second kappa shape index (κ2) is 4.44. The van der Waals surface area contributed by atoms with Crippen LogP contribution in [0.4, 0.5) is 5.82 Å². The molecule has 0 spiro atoms. The van der Waals surface area contributed by atoms with Crippen molar-refractivity contribution in [2.45, 2.75) is 6.92 Å². The van der Waals surface area contributed by atoms with Crippen molar-refractivity contribution in [3.8, 4) is 11.3 Å². The van der Waals surface area contributed by atoms with Crippen LogP contribution in [0.25, 0.3) is 22.2 Å². The van der Waals surface area contributed by atoms with Crippen LogP contribution in [0.2, 0.25) is 0 Å². The number of rotatable bonds is 1. The summed E-state index contributed by atoms with van der Waals surface area (Å²) in [5.74, 6) is 0.457. The molecular formula is C13H12IN5. The maximum absolute atomic E-state index is 5.92. The van der Waals surface area contributed by atoms with Gasteiger partial charge in [-0.15, -0.1) is 0 Å². The van der Waals surface area contributed by atoms with Crippen molar-refractivity contribution in [3.05, 3.63) is 33.8 Å². The molecule has 5 nitrogen and oxygen atoms in total. The number of hydrogen-bond acceptors (Lipinski definition) is 4. The highest BCUT2D eigenvalue weighted by molar-refractivity contribution is 14.1. The molecule has 6 heteroatoms. The van der Waals surface area contributed by atoms with Gasteiger partial charge in [0.1, 0.15) is 11.3 Å². The van der Waals surface area contributed by atoms with Crippen LogP contribution in [-0.4, -0.2) is 19.7 Å². The van der Waals surface area contributed by atoms with E-state index in [2.05, 4.69) is 37.7 Å². The van der Waals surface area contributed by atoms with Crippen LogP contribution in [0.1, 0.15) is 5.69 Å². The zero-order chi connectivity index (χ0) is 13.6. The molecule has 0 radical (unpaired) electrons. The maximum atomic E-state index is 5.92. The van der Waals surface area contributed by atoms with Crippen LogP contribution >= 0.6 is 22.6 Å². The number of aromatic nitrogens is 4. The van der Waals surface area contributed by atoms with Crippen LogP contribution < -0.4 is 5.73 Å². The minimum absolute atomic E-state index is 0.457. The van der Waals surface area contributed by atoms with E-state index in [0.717, 1.165) is 31.4 Å². The molecule has 0 amide bonds. The molecule has 0 aliphatic heterocycles. The SMILES string of the molecule is Cc1c(-c2ccc3c(I)cnc(N)c3n2)cnn1C. The molecule has 0 aromatic carbocycles. The quantitative estimate of drug-likeness (QED) is 0.673. The van der Waals surface area contributed by atoms with E-state index in [9.17, 15) is 0 Å². The summed E-state index contributed by atoms with van der Waals surface area (Å²) in [5.41, 5.74) is 9.62. The summed E-state index contributed by atoms with van der Waals surface area (Å²) in [5, 5.41) is 5.27. The summed E-state index contributed by atoms with van der Waals surface area (Å²) in [6.07, 6.45) is 3.58. The predicted molar refractivity (Wildman–Crippen MR) is 83.6 cm³/mol. The molecule has 0 aliphatic rings. The van der Waals surface area contributed by atoms with Crippen molar-refractivity contribution in [1.82, 2.24) is 19.7 Å². The molecule has 0 fully saturated rings. The Bertz CT molecular complexity index is 778. The van der Waals surface area contributed by atoms with Crippen molar-refractivity contribution < 1.29 is 0 Å². The Morgan fingerprint density at radius 2 is 2.05 bits per heavy atom. The van der Waals surface area contributed by atoms with Crippen LogP contribution in [-0.2, 0) is 7.05 Å². The average Bonchev–Trinajstić information content (AvgIpc) is 2.74. The third-order valence-corrected chi connectivity index (χ3v) is 4.08. The summed E-state index contributed by atoms with van der Waals surface area (Å²) in [6, 6.07) is 4.03. The lowest BCUT2D eigenvalue weighted by Crippen LogP contribution is -1.97. The third-order valence-electron chi connectivity index (χ3n) is 3.22. The molecule has 19 heavy (non-hydrogen) atoms. The Hall–Kier alpha value is -1.70. The van der Waals surface area contributed by atoms with Crippen molar-refractivity contribution in [3.63, 3.8) is 0 Å². The van der Waals surface area contributed by atoms with Gasteiger partial charge < -0.3 is 5.73 Å². The van der Waals surface area contributed by atoms with Crippen molar-refractivity contribution >= 4 is 39.3 Å². The first kappa shape index (κ1) is 12.3. The fourth-order valence-corrected chi connectivity index (χ4v) is 2.58. The van der Waals surface area contributed by atoms with Crippen LogP contribution in [0.15, 0.2) is 24.5 Å². The summed E-state index contributed by atoms with van der Waals surface area (Å²) in [4.78, 5) is 8.79. The minimum Gasteiger partial charge on any atom is -0.382 e. The molecule has 3 heterocycles. The van der Waals surface area contributed by atoms with Crippen molar-refractivity contribution in [2.75, 3.05) is 5.73 Å². The monoisotopic (exact) mass is 365 g/mol. The smallest absolute Gasteiger partial charge is 0.150 e. The van der Waals surface area contributed by atoms with E-state index in [1.807, 2.05) is 37.0 Å². The Morgan fingerprint density at radius 1 is 1.26 bits per heavy atom. The second-order valence-electron chi connectivity index (χ2n) is 4.35. The van der Waals surface area contributed by atoms with E-state index < -0.39 is 0 Å². The molecule has 96 valence electrons. The number of nitrogens with zero attached hydrogens (tertiary/aromatic N) is 4. The summed E-state index contributed by atoms with van der Waals surface area (Å²) < 4.78 is 2.88. The standard InChI is InChI=1S/C13H12IN5/c1-7-9(5-17-19(7)2)11-4-3-8-10(14)6-16-13(15)12(8)18-11/h3-6H,1-2H3,(H2,15,16). The van der Waals surface area contributed by atoms with E-state index >= 15 is 0 Å². The number of halogens is 1. The first-order valence-electron chi connectivity index (χ1n) is 5.77. The fraction of sp³-hybridized carbons (Fsp3) is 0.154. The lowest BCUT2D eigenvalue weighted by molar-refractivity contribution is 0.740. The van der Waals surface area contributed by atoms with Gasteiger partial charge in [0.2, 0.25) is 0 Å². The zero-order valence-electron chi connectivity index (χ0n) is 10.6. The van der Waals surface area contributed by atoms with Crippen LogP contribution in [0, 0.1) is 10.5 Å². The first-order chi connectivity index (χ1) is 9.08. The topological polar surface area (TPSA) is 69.6 Å². The molecule has 0 saturated carbocycles. The summed E-state index contributed by atoms with van der Waals surface area (Å²) in [6.45, 7) is 2.02. The molecule has 0 unspecified atom stereocenters. The van der Waals surface area contributed by atoms with Gasteiger partial charge in [-0.2, -0.15) is 5.10 Å². The number of nitrogen functional groups attached to an aromatic ring is 1. The molecule has 3 aromatic rings. The second-order valence-corrected chi connectivity index (χ2v) is 5.51. The van der Waals surface area contributed by atoms with E-state index in [0.29, 0.717) is 5.82 Å². The summed E-state index contributed by atoms with van der Waals surface area (Å²) >= 11 is 2.24. The van der Waals surface area contributed by atoms with E-state index in [1.54, 1.807) is 6.20 Å². The Kier molecular flexibility index (Phi) is 2.89. The van der Waals surface area contributed by atoms with E-state index in [4.69, 9.17) is 5.73 Å². The van der Waals surface area contributed by atoms with Gasteiger partial charge >= 0.3 is 0 Å². The van der Waals surface area contributed by atoms with Gasteiger partial charge in [-0.05, 0) is 41.6 Å². The Labute approximate surface area is 124 Å². The molecule has 0 aliphatic carbocycles. The number of pyridine rings is 2. The normalized spacial score (nSPS) is 11.1. The Balaban J connectivity index is 2.28. The summed E-state index contributed by atoms with van der Waals surface area (Å²) in [7, 11) is 1.92. The highest BCUT2D eigenvalue weighted by atomic mass is 127. The Morgan fingerprint density at radius 3 is 2.74 bits per heavy atom. The van der Waals surface area contributed by atoms with Crippen LogP contribution in [0.3, 0.4) is 0 Å². The van der Waals surface area contributed by atoms with E-state index in [1.165, 1.54) is 0 Å². The number of aryl methyl sites for hydroxylation is 1. The van der Waals surface area contributed by atoms with Gasteiger partial charge in [0, 0.05) is 33.5 Å².